The van der Waals surface area contributed by atoms with Crippen LogP contribution in [0.15, 0.2) is 18.2 Å². The number of aromatic nitrogens is 1. The first-order chi connectivity index (χ1) is 12.3. The number of thiazole rings is 1. The summed E-state index contributed by atoms with van der Waals surface area (Å²) in [5, 5.41) is 0.972. The molecule has 0 saturated carbocycles. The predicted octanol–water partition coefficient (Wildman–Crippen LogP) is 2.79. The molecule has 1 aliphatic rings. The van der Waals surface area contributed by atoms with Gasteiger partial charge in [0.25, 0.3) is 0 Å². The lowest BCUT2D eigenvalue weighted by Crippen LogP contribution is -2.52. The SMILES string of the molecule is Cc1cc(C)cc(CN2CCN(C(=O)Cc3sc(C)nc3C)CC2=O)c1. The molecule has 0 bridgehead atoms. The second-order valence-corrected chi connectivity index (χ2v) is 8.33. The Morgan fingerprint density at radius 2 is 1.81 bits per heavy atom. The number of nitrogens with zero attached hydrogens (tertiary/aromatic N) is 3. The van der Waals surface area contributed by atoms with Crippen molar-refractivity contribution in [3.8, 4) is 0 Å². The second-order valence-electron chi connectivity index (χ2n) is 7.04. The number of aryl methyl sites for hydroxylation is 4. The molecule has 0 N–H and O–H groups in total. The van der Waals surface area contributed by atoms with E-state index in [9.17, 15) is 9.59 Å². The predicted molar refractivity (Wildman–Crippen MR) is 103 cm³/mol. The van der Waals surface area contributed by atoms with Crippen molar-refractivity contribution in [2.24, 2.45) is 0 Å². The molecule has 2 heterocycles. The molecule has 1 fully saturated rings. The van der Waals surface area contributed by atoms with Crippen LogP contribution in [0.25, 0.3) is 0 Å². The first-order valence-corrected chi connectivity index (χ1v) is 9.69. The van der Waals surface area contributed by atoms with E-state index in [-0.39, 0.29) is 18.4 Å². The van der Waals surface area contributed by atoms with E-state index in [1.165, 1.54) is 11.1 Å². The Hall–Kier alpha value is -2.21. The smallest absolute Gasteiger partial charge is 0.242 e. The highest BCUT2D eigenvalue weighted by molar-refractivity contribution is 7.11. The van der Waals surface area contributed by atoms with Gasteiger partial charge in [0, 0.05) is 24.5 Å². The number of rotatable bonds is 4. The molecule has 0 atom stereocenters. The zero-order valence-corrected chi connectivity index (χ0v) is 16.7. The highest BCUT2D eigenvalue weighted by Crippen LogP contribution is 2.19. The fourth-order valence-corrected chi connectivity index (χ4v) is 4.38. The number of benzene rings is 1. The Morgan fingerprint density at radius 1 is 1.12 bits per heavy atom. The van der Waals surface area contributed by atoms with Gasteiger partial charge in [0.1, 0.15) is 0 Å². The van der Waals surface area contributed by atoms with Gasteiger partial charge < -0.3 is 9.80 Å². The number of hydrogen-bond acceptors (Lipinski definition) is 4. The molecule has 6 heteroatoms. The fraction of sp³-hybridized carbons (Fsp3) is 0.450. The van der Waals surface area contributed by atoms with Gasteiger partial charge in [-0.05, 0) is 33.3 Å². The van der Waals surface area contributed by atoms with Crippen molar-refractivity contribution in [3.63, 3.8) is 0 Å². The molecule has 0 unspecified atom stereocenters. The van der Waals surface area contributed by atoms with Crippen LogP contribution >= 0.6 is 11.3 Å². The average Bonchev–Trinajstić information content (AvgIpc) is 2.85. The molecule has 3 rings (SSSR count). The van der Waals surface area contributed by atoms with Gasteiger partial charge in [0.05, 0.1) is 23.7 Å². The molecule has 0 spiro atoms. The maximum Gasteiger partial charge on any atom is 0.242 e. The summed E-state index contributed by atoms with van der Waals surface area (Å²) in [6.45, 7) is 9.96. The number of amides is 2. The Labute approximate surface area is 158 Å². The summed E-state index contributed by atoms with van der Waals surface area (Å²) in [7, 11) is 0. The molecular formula is C20H25N3O2S. The standard InChI is InChI=1S/C20H25N3O2S/c1-13-7-14(2)9-17(8-13)11-22-5-6-23(12-20(22)25)19(24)10-18-15(3)21-16(4)26-18/h7-9H,5-6,10-12H2,1-4H3. The summed E-state index contributed by atoms with van der Waals surface area (Å²) < 4.78 is 0. The molecule has 0 radical (unpaired) electrons. The lowest BCUT2D eigenvalue weighted by molar-refractivity contribution is -0.145. The third-order valence-electron chi connectivity index (χ3n) is 4.64. The maximum atomic E-state index is 12.6. The zero-order valence-electron chi connectivity index (χ0n) is 15.8. The molecule has 1 saturated heterocycles. The summed E-state index contributed by atoms with van der Waals surface area (Å²) in [6.07, 6.45) is 0.335. The Bertz CT molecular complexity index is 823. The topological polar surface area (TPSA) is 53.5 Å². The van der Waals surface area contributed by atoms with Crippen LogP contribution in [0.3, 0.4) is 0 Å². The van der Waals surface area contributed by atoms with Crippen molar-refractivity contribution in [2.45, 2.75) is 40.7 Å². The quantitative estimate of drug-likeness (QED) is 0.830. The second kappa shape index (κ2) is 7.58. The van der Waals surface area contributed by atoms with Crippen molar-refractivity contribution in [1.29, 1.82) is 0 Å². The van der Waals surface area contributed by atoms with E-state index in [2.05, 4.69) is 37.0 Å². The minimum Gasteiger partial charge on any atom is -0.335 e. The van der Waals surface area contributed by atoms with E-state index < -0.39 is 0 Å². The molecular weight excluding hydrogens is 346 g/mol. The van der Waals surface area contributed by atoms with E-state index in [1.54, 1.807) is 16.2 Å². The minimum atomic E-state index is 0.0103. The van der Waals surface area contributed by atoms with E-state index in [1.807, 2.05) is 18.7 Å². The Balaban J connectivity index is 1.60. The maximum absolute atomic E-state index is 12.6. The molecule has 26 heavy (non-hydrogen) atoms. The molecule has 2 aromatic rings. The van der Waals surface area contributed by atoms with Gasteiger partial charge in [-0.15, -0.1) is 11.3 Å². The molecule has 5 nitrogen and oxygen atoms in total. The highest BCUT2D eigenvalue weighted by atomic mass is 32.1. The summed E-state index contributed by atoms with van der Waals surface area (Å²) in [4.78, 5) is 34.0. The lowest BCUT2D eigenvalue weighted by Gasteiger charge is -2.34. The zero-order chi connectivity index (χ0) is 18.8. The van der Waals surface area contributed by atoms with Crippen molar-refractivity contribution in [2.75, 3.05) is 19.6 Å². The largest absolute Gasteiger partial charge is 0.335 e. The van der Waals surface area contributed by atoms with Gasteiger partial charge in [0.2, 0.25) is 11.8 Å². The lowest BCUT2D eigenvalue weighted by atomic mass is 10.1. The van der Waals surface area contributed by atoms with Crippen LogP contribution in [0.4, 0.5) is 0 Å². The molecule has 1 aromatic carbocycles. The monoisotopic (exact) mass is 371 g/mol. The first-order valence-electron chi connectivity index (χ1n) is 8.87. The average molecular weight is 372 g/mol. The van der Waals surface area contributed by atoms with Crippen LogP contribution in [-0.2, 0) is 22.6 Å². The molecule has 1 aliphatic heterocycles. The summed E-state index contributed by atoms with van der Waals surface area (Å²) in [6, 6.07) is 6.37. The van der Waals surface area contributed by atoms with Gasteiger partial charge >= 0.3 is 0 Å². The van der Waals surface area contributed by atoms with Crippen molar-refractivity contribution >= 4 is 23.2 Å². The molecule has 1 aromatic heterocycles. The Morgan fingerprint density at radius 3 is 2.38 bits per heavy atom. The first kappa shape index (κ1) is 18.6. The van der Waals surface area contributed by atoms with Crippen molar-refractivity contribution in [3.05, 3.63) is 50.5 Å². The van der Waals surface area contributed by atoms with Crippen LogP contribution in [0.2, 0.25) is 0 Å². The van der Waals surface area contributed by atoms with Gasteiger partial charge in [-0.25, -0.2) is 4.98 Å². The van der Waals surface area contributed by atoms with Crippen LogP contribution in [0.5, 0.6) is 0 Å². The van der Waals surface area contributed by atoms with Crippen LogP contribution in [-0.4, -0.2) is 46.2 Å². The van der Waals surface area contributed by atoms with Gasteiger partial charge in [-0.1, -0.05) is 29.3 Å². The Kier molecular flexibility index (Phi) is 5.41. The van der Waals surface area contributed by atoms with E-state index in [0.29, 0.717) is 26.1 Å². The molecule has 0 aliphatic carbocycles. The number of carbonyl (C=O) groups excluding carboxylic acids is 2. The van der Waals surface area contributed by atoms with Gasteiger partial charge in [0.15, 0.2) is 0 Å². The third-order valence-corrected chi connectivity index (χ3v) is 5.71. The van der Waals surface area contributed by atoms with Gasteiger partial charge in [-0.3, -0.25) is 9.59 Å². The van der Waals surface area contributed by atoms with Crippen LogP contribution in [0, 0.1) is 27.7 Å². The van der Waals surface area contributed by atoms with Gasteiger partial charge in [-0.2, -0.15) is 0 Å². The fourth-order valence-electron chi connectivity index (χ4n) is 3.46. The highest BCUT2D eigenvalue weighted by Gasteiger charge is 2.27. The van der Waals surface area contributed by atoms with Crippen LogP contribution in [0.1, 0.15) is 32.3 Å². The van der Waals surface area contributed by atoms with E-state index >= 15 is 0 Å². The molecule has 138 valence electrons. The molecule has 2 amide bonds. The number of carbonyl (C=O) groups is 2. The number of hydrogen-bond donors (Lipinski definition) is 0. The number of piperazine rings is 1. The van der Waals surface area contributed by atoms with Crippen LogP contribution < -0.4 is 0 Å². The minimum absolute atomic E-state index is 0.0103. The summed E-state index contributed by atoms with van der Waals surface area (Å²) in [5.74, 6) is 0.0251. The third kappa shape index (κ3) is 4.30. The van der Waals surface area contributed by atoms with Crippen molar-refractivity contribution in [1.82, 2.24) is 14.8 Å². The van der Waals surface area contributed by atoms with Crippen molar-refractivity contribution < 1.29 is 9.59 Å². The normalized spacial score (nSPS) is 14.8. The van der Waals surface area contributed by atoms with E-state index in [0.717, 1.165) is 21.1 Å². The van der Waals surface area contributed by atoms with E-state index in [4.69, 9.17) is 0 Å². The summed E-state index contributed by atoms with van der Waals surface area (Å²) >= 11 is 1.56. The summed E-state index contributed by atoms with van der Waals surface area (Å²) in [5.41, 5.74) is 4.47.